The summed E-state index contributed by atoms with van der Waals surface area (Å²) < 4.78 is 0. The number of hydrogen-bond acceptors (Lipinski definition) is 4. The summed E-state index contributed by atoms with van der Waals surface area (Å²) in [6.45, 7) is 4.19. The molecule has 2 rings (SSSR count). The van der Waals surface area contributed by atoms with E-state index in [-0.39, 0.29) is 17.7 Å². The second-order valence-corrected chi connectivity index (χ2v) is 6.64. The van der Waals surface area contributed by atoms with Crippen LogP contribution in [0, 0.1) is 0 Å². The summed E-state index contributed by atoms with van der Waals surface area (Å²) in [5, 5.41) is 2.78. The summed E-state index contributed by atoms with van der Waals surface area (Å²) in [6, 6.07) is 9.73. The molecule has 3 amide bonds. The highest BCUT2D eigenvalue weighted by Crippen LogP contribution is 2.16. The SMILES string of the molecule is CC(=O)N1CCN(C(=O)CCNC(=O)CSc2ccccc2)CC1. The molecule has 1 aromatic rings. The van der Waals surface area contributed by atoms with Crippen LogP contribution in [0.15, 0.2) is 35.2 Å². The minimum Gasteiger partial charge on any atom is -0.355 e. The lowest BCUT2D eigenvalue weighted by Crippen LogP contribution is -2.50. The highest BCUT2D eigenvalue weighted by atomic mass is 32.2. The highest BCUT2D eigenvalue weighted by Gasteiger charge is 2.21. The Bertz CT molecular complexity index is 572. The van der Waals surface area contributed by atoms with E-state index in [0.29, 0.717) is 44.9 Å². The van der Waals surface area contributed by atoms with Crippen molar-refractivity contribution in [1.29, 1.82) is 0 Å². The molecule has 7 heteroatoms. The molecular weight excluding hydrogens is 326 g/mol. The van der Waals surface area contributed by atoms with Crippen molar-refractivity contribution in [2.24, 2.45) is 0 Å². The van der Waals surface area contributed by atoms with Gasteiger partial charge in [0.1, 0.15) is 0 Å². The van der Waals surface area contributed by atoms with Crippen molar-refractivity contribution in [2.45, 2.75) is 18.2 Å². The van der Waals surface area contributed by atoms with Gasteiger partial charge in [0.2, 0.25) is 17.7 Å². The van der Waals surface area contributed by atoms with Crippen molar-refractivity contribution in [2.75, 3.05) is 38.5 Å². The molecule has 0 spiro atoms. The number of piperazine rings is 1. The van der Waals surface area contributed by atoms with Crippen LogP contribution in [0.2, 0.25) is 0 Å². The number of carbonyl (C=O) groups excluding carboxylic acids is 3. The molecule has 1 fully saturated rings. The maximum atomic E-state index is 12.1. The van der Waals surface area contributed by atoms with Gasteiger partial charge in [-0.25, -0.2) is 0 Å². The van der Waals surface area contributed by atoms with Crippen LogP contribution in [0.25, 0.3) is 0 Å². The second-order valence-electron chi connectivity index (χ2n) is 5.59. The Kier molecular flexibility index (Phi) is 7.11. The Hall–Kier alpha value is -2.02. The van der Waals surface area contributed by atoms with Crippen molar-refractivity contribution in [3.63, 3.8) is 0 Å². The van der Waals surface area contributed by atoms with Crippen molar-refractivity contribution < 1.29 is 14.4 Å². The molecule has 0 unspecified atom stereocenters. The van der Waals surface area contributed by atoms with E-state index in [1.54, 1.807) is 16.7 Å². The first-order valence-electron chi connectivity index (χ1n) is 8.04. The average molecular weight is 349 g/mol. The lowest BCUT2D eigenvalue weighted by molar-refractivity contribution is -0.138. The van der Waals surface area contributed by atoms with Crippen molar-refractivity contribution in [1.82, 2.24) is 15.1 Å². The number of amides is 3. The molecule has 130 valence electrons. The zero-order chi connectivity index (χ0) is 17.4. The maximum absolute atomic E-state index is 12.1. The van der Waals surface area contributed by atoms with Gasteiger partial charge in [-0.1, -0.05) is 18.2 Å². The monoisotopic (exact) mass is 349 g/mol. The Balaban J connectivity index is 1.60. The number of nitrogens with one attached hydrogen (secondary N) is 1. The van der Waals surface area contributed by atoms with Gasteiger partial charge in [-0.2, -0.15) is 0 Å². The highest BCUT2D eigenvalue weighted by molar-refractivity contribution is 8.00. The predicted octanol–water partition coefficient (Wildman–Crippen LogP) is 0.976. The normalized spacial score (nSPS) is 14.4. The van der Waals surface area contributed by atoms with Crippen molar-refractivity contribution in [3.05, 3.63) is 30.3 Å². The Morgan fingerprint density at radius 3 is 2.29 bits per heavy atom. The summed E-state index contributed by atoms with van der Waals surface area (Å²) in [7, 11) is 0. The molecule has 0 atom stereocenters. The van der Waals surface area contributed by atoms with Crippen LogP contribution in [0.1, 0.15) is 13.3 Å². The van der Waals surface area contributed by atoms with Gasteiger partial charge in [-0.15, -0.1) is 11.8 Å². The predicted molar refractivity (Wildman–Crippen MR) is 93.6 cm³/mol. The summed E-state index contributed by atoms with van der Waals surface area (Å²) in [5.74, 6) is 0.340. The molecule has 1 aliphatic heterocycles. The van der Waals surface area contributed by atoms with Crippen LogP contribution in [-0.4, -0.2) is 66.0 Å². The van der Waals surface area contributed by atoms with Crippen LogP contribution >= 0.6 is 11.8 Å². The standard InChI is InChI=1S/C17H23N3O3S/c1-14(21)19-9-11-20(12-10-19)17(23)7-8-18-16(22)13-24-15-5-3-2-4-6-15/h2-6H,7-13H2,1H3,(H,18,22). The van der Waals surface area contributed by atoms with E-state index in [1.165, 1.54) is 11.8 Å². The topological polar surface area (TPSA) is 69.7 Å². The summed E-state index contributed by atoms with van der Waals surface area (Å²) in [6.07, 6.45) is 0.293. The molecule has 1 heterocycles. The first kappa shape index (κ1) is 18.3. The Labute approximate surface area is 146 Å². The number of carbonyl (C=O) groups is 3. The maximum Gasteiger partial charge on any atom is 0.230 e. The molecule has 0 aromatic heterocycles. The molecule has 0 aliphatic carbocycles. The quantitative estimate of drug-likeness (QED) is 0.777. The molecule has 6 nitrogen and oxygen atoms in total. The summed E-state index contributed by atoms with van der Waals surface area (Å²) in [5.41, 5.74) is 0. The molecule has 24 heavy (non-hydrogen) atoms. The van der Waals surface area contributed by atoms with E-state index in [4.69, 9.17) is 0 Å². The minimum absolute atomic E-state index is 0.0224. The third-order valence-electron chi connectivity index (χ3n) is 3.85. The molecule has 0 radical (unpaired) electrons. The van der Waals surface area contributed by atoms with E-state index in [1.807, 2.05) is 30.3 Å². The third-order valence-corrected chi connectivity index (χ3v) is 4.86. The van der Waals surface area contributed by atoms with E-state index in [9.17, 15) is 14.4 Å². The fourth-order valence-electron chi connectivity index (χ4n) is 2.45. The van der Waals surface area contributed by atoms with Crippen molar-refractivity contribution in [3.8, 4) is 0 Å². The largest absolute Gasteiger partial charge is 0.355 e. The lowest BCUT2D eigenvalue weighted by Gasteiger charge is -2.34. The molecule has 0 bridgehead atoms. The van der Waals surface area contributed by atoms with Gasteiger partial charge >= 0.3 is 0 Å². The average Bonchev–Trinajstić information content (AvgIpc) is 2.61. The molecule has 1 aromatic carbocycles. The number of benzene rings is 1. The number of hydrogen-bond donors (Lipinski definition) is 1. The summed E-state index contributed by atoms with van der Waals surface area (Å²) >= 11 is 1.47. The second kappa shape index (κ2) is 9.32. The van der Waals surface area contributed by atoms with Crippen LogP contribution in [-0.2, 0) is 14.4 Å². The van der Waals surface area contributed by atoms with Gasteiger partial charge in [0.25, 0.3) is 0 Å². The molecule has 1 aliphatic rings. The summed E-state index contributed by atoms with van der Waals surface area (Å²) in [4.78, 5) is 39.7. The van der Waals surface area contributed by atoms with Gasteiger partial charge in [-0.05, 0) is 12.1 Å². The van der Waals surface area contributed by atoms with E-state index < -0.39 is 0 Å². The Morgan fingerprint density at radius 2 is 1.67 bits per heavy atom. The van der Waals surface area contributed by atoms with Crippen LogP contribution in [0.3, 0.4) is 0 Å². The molecule has 1 N–H and O–H groups in total. The first-order chi connectivity index (χ1) is 11.6. The number of rotatable bonds is 6. The van der Waals surface area contributed by atoms with Crippen LogP contribution in [0.4, 0.5) is 0 Å². The van der Waals surface area contributed by atoms with Gasteiger partial charge in [0, 0.05) is 51.0 Å². The Morgan fingerprint density at radius 1 is 1.04 bits per heavy atom. The van der Waals surface area contributed by atoms with E-state index in [0.717, 1.165) is 4.90 Å². The van der Waals surface area contributed by atoms with Gasteiger partial charge in [0.15, 0.2) is 0 Å². The van der Waals surface area contributed by atoms with E-state index >= 15 is 0 Å². The molecule has 1 saturated heterocycles. The van der Waals surface area contributed by atoms with E-state index in [2.05, 4.69) is 5.32 Å². The van der Waals surface area contributed by atoms with Gasteiger partial charge in [0.05, 0.1) is 5.75 Å². The zero-order valence-corrected chi connectivity index (χ0v) is 14.7. The van der Waals surface area contributed by atoms with Gasteiger partial charge in [-0.3, -0.25) is 14.4 Å². The number of nitrogens with zero attached hydrogens (tertiary/aromatic N) is 2. The van der Waals surface area contributed by atoms with Crippen molar-refractivity contribution >= 4 is 29.5 Å². The van der Waals surface area contributed by atoms with Gasteiger partial charge < -0.3 is 15.1 Å². The zero-order valence-electron chi connectivity index (χ0n) is 13.9. The third kappa shape index (κ3) is 5.88. The smallest absolute Gasteiger partial charge is 0.230 e. The molecular formula is C17H23N3O3S. The van der Waals surface area contributed by atoms with Crippen LogP contribution < -0.4 is 5.32 Å². The fraction of sp³-hybridized carbons (Fsp3) is 0.471. The fourth-order valence-corrected chi connectivity index (χ4v) is 3.20. The minimum atomic E-state index is -0.0712. The van der Waals surface area contributed by atoms with Crippen LogP contribution in [0.5, 0.6) is 0 Å². The molecule has 0 saturated carbocycles. The lowest BCUT2D eigenvalue weighted by atomic mass is 10.2. The first-order valence-corrected chi connectivity index (χ1v) is 9.02. The number of thioether (sulfide) groups is 1.